The Morgan fingerprint density at radius 2 is 1.85 bits per heavy atom. The topological polar surface area (TPSA) is 75.2 Å². The van der Waals surface area contributed by atoms with E-state index in [1.807, 2.05) is 0 Å². The molecule has 0 radical (unpaired) electrons. The molecule has 1 rings (SSSR count). The molecule has 1 saturated heterocycles. The van der Waals surface area contributed by atoms with Gasteiger partial charge in [0.15, 0.2) is 5.96 Å². The minimum atomic E-state index is -0.116. The van der Waals surface area contributed by atoms with E-state index in [0.29, 0.717) is 18.4 Å². The molecule has 1 fully saturated rings. The molecule has 158 valence electrons. The van der Waals surface area contributed by atoms with Gasteiger partial charge in [0.1, 0.15) is 0 Å². The first-order valence-corrected chi connectivity index (χ1v) is 10.5. The predicted molar refractivity (Wildman–Crippen MR) is 110 cm³/mol. The van der Waals surface area contributed by atoms with Crippen LogP contribution in [0, 0.1) is 5.92 Å². The molecule has 0 aromatic heterocycles. The molecule has 0 amide bonds. The number of nitrogens with zero attached hydrogens (tertiary/aromatic N) is 2. The van der Waals surface area contributed by atoms with Crippen LogP contribution in [-0.4, -0.2) is 75.9 Å². The average molecular weight is 385 g/mol. The number of morpholine rings is 1. The highest BCUT2D eigenvalue weighted by Gasteiger charge is 2.23. The van der Waals surface area contributed by atoms with Crippen molar-refractivity contribution >= 4 is 11.9 Å². The van der Waals surface area contributed by atoms with E-state index in [-0.39, 0.29) is 5.97 Å². The minimum Gasteiger partial charge on any atom is -0.469 e. The van der Waals surface area contributed by atoms with Crippen LogP contribution in [0.1, 0.15) is 52.9 Å². The van der Waals surface area contributed by atoms with Gasteiger partial charge in [-0.25, -0.2) is 0 Å². The molecule has 2 N–H and O–H groups in total. The van der Waals surface area contributed by atoms with Crippen LogP contribution >= 0.6 is 0 Å². The van der Waals surface area contributed by atoms with Crippen molar-refractivity contribution in [3.63, 3.8) is 0 Å². The first-order valence-electron chi connectivity index (χ1n) is 10.5. The highest BCUT2D eigenvalue weighted by molar-refractivity contribution is 5.79. The van der Waals surface area contributed by atoms with Gasteiger partial charge in [-0.15, -0.1) is 0 Å². The normalized spacial score (nSPS) is 17.0. The van der Waals surface area contributed by atoms with Gasteiger partial charge in [0, 0.05) is 38.6 Å². The number of esters is 1. The molecule has 1 aliphatic rings. The number of hydrogen-bond donors (Lipinski definition) is 2. The monoisotopic (exact) mass is 384 g/mol. The van der Waals surface area contributed by atoms with Gasteiger partial charge in [-0.3, -0.25) is 14.7 Å². The molecule has 0 bridgehead atoms. The van der Waals surface area contributed by atoms with Crippen LogP contribution in [-0.2, 0) is 14.3 Å². The third-order valence-corrected chi connectivity index (χ3v) is 4.89. The Bertz CT molecular complexity index is 423. The molecule has 0 saturated carbocycles. The fourth-order valence-electron chi connectivity index (χ4n) is 3.24. The molecule has 1 heterocycles. The number of methoxy groups -OCH3 is 1. The van der Waals surface area contributed by atoms with Gasteiger partial charge in [-0.2, -0.15) is 0 Å². The van der Waals surface area contributed by atoms with Crippen LogP contribution in [0.2, 0.25) is 0 Å². The van der Waals surface area contributed by atoms with Crippen LogP contribution in [0.4, 0.5) is 0 Å². The number of rotatable bonds is 12. The Morgan fingerprint density at radius 1 is 1.15 bits per heavy atom. The Balaban J connectivity index is 2.34. The average Bonchev–Trinajstić information content (AvgIpc) is 2.67. The summed E-state index contributed by atoms with van der Waals surface area (Å²) in [6, 6.07) is 0.447. The van der Waals surface area contributed by atoms with E-state index in [2.05, 4.69) is 41.0 Å². The Labute approximate surface area is 165 Å². The quantitative estimate of drug-likeness (QED) is 0.232. The van der Waals surface area contributed by atoms with Gasteiger partial charge in [0.2, 0.25) is 0 Å². The molecule has 1 atom stereocenters. The Hall–Kier alpha value is -1.34. The van der Waals surface area contributed by atoms with Gasteiger partial charge in [-0.1, -0.05) is 26.7 Å². The molecule has 27 heavy (non-hydrogen) atoms. The van der Waals surface area contributed by atoms with Crippen LogP contribution in [0.25, 0.3) is 0 Å². The highest BCUT2D eigenvalue weighted by Crippen LogP contribution is 2.13. The van der Waals surface area contributed by atoms with Gasteiger partial charge >= 0.3 is 5.97 Å². The predicted octanol–water partition coefficient (Wildman–Crippen LogP) is 2.02. The van der Waals surface area contributed by atoms with Crippen molar-refractivity contribution in [3.8, 4) is 0 Å². The van der Waals surface area contributed by atoms with Crippen LogP contribution in [0.5, 0.6) is 0 Å². The lowest BCUT2D eigenvalue weighted by Gasteiger charge is -2.36. The fraction of sp³-hybridized carbons (Fsp3) is 0.900. The third-order valence-electron chi connectivity index (χ3n) is 4.89. The number of hydrogen-bond acceptors (Lipinski definition) is 5. The molecule has 7 heteroatoms. The van der Waals surface area contributed by atoms with E-state index in [1.165, 1.54) is 7.11 Å². The largest absolute Gasteiger partial charge is 0.469 e. The van der Waals surface area contributed by atoms with E-state index >= 15 is 0 Å². The number of carbonyl (C=O) groups is 1. The zero-order valence-electron chi connectivity index (χ0n) is 17.8. The van der Waals surface area contributed by atoms with Gasteiger partial charge in [0.25, 0.3) is 0 Å². The molecular weight excluding hydrogens is 344 g/mol. The first-order chi connectivity index (χ1) is 13.1. The number of unbranched alkanes of at least 4 members (excludes halogenated alkanes) is 3. The molecular formula is C20H40N4O3. The van der Waals surface area contributed by atoms with Crippen molar-refractivity contribution in [2.24, 2.45) is 10.9 Å². The molecule has 0 aromatic carbocycles. The zero-order chi connectivity index (χ0) is 19.9. The van der Waals surface area contributed by atoms with Crippen molar-refractivity contribution in [2.75, 3.05) is 53.0 Å². The van der Waals surface area contributed by atoms with Crippen molar-refractivity contribution < 1.29 is 14.3 Å². The number of carbonyl (C=O) groups excluding carboxylic acids is 1. The summed E-state index contributed by atoms with van der Waals surface area (Å²) in [6.45, 7) is 12.8. The number of guanidine groups is 1. The lowest BCUT2D eigenvalue weighted by atomic mass is 10.0. The van der Waals surface area contributed by atoms with Gasteiger partial charge in [0.05, 0.1) is 26.9 Å². The minimum absolute atomic E-state index is 0.116. The third kappa shape index (κ3) is 10.5. The van der Waals surface area contributed by atoms with Crippen molar-refractivity contribution in [1.29, 1.82) is 0 Å². The van der Waals surface area contributed by atoms with Crippen molar-refractivity contribution in [3.05, 3.63) is 0 Å². The lowest BCUT2D eigenvalue weighted by Crippen LogP contribution is -2.48. The summed E-state index contributed by atoms with van der Waals surface area (Å²) in [5.41, 5.74) is 0. The number of nitrogens with one attached hydrogen (secondary N) is 2. The maximum Gasteiger partial charge on any atom is 0.305 e. The van der Waals surface area contributed by atoms with E-state index in [1.54, 1.807) is 0 Å². The molecule has 0 aliphatic carbocycles. The first kappa shape index (κ1) is 23.7. The molecule has 1 aliphatic heterocycles. The van der Waals surface area contributed by atoms with E-state index < -0.39 is 0 Å². The second kappa shape index (κ2) is 14.7. The van der Waals surface area contributed by atoms with Crippen molar-refractivity contribution in [2.45, 2.75) is 58.9 Å². The summed E-state index contributed by atoms with van der Waals surface area (Å²) >= 11 is 0. The number of ether oxygens (including phenoxy) is 2. The summed E-state index contributed by atoms with van der Waals surface area (Å²) < 4.78 is 10.1. The smallest absolute Gasteiger partial charge is 0.305 e. The van der Waals surface area contributed by atoms with Crippen LogP contribution in [0.3, 0.4) is 0 Å². The highest BCUT2D eigenvalue weighted by atomic mass is 16.5. The molecule has 0 aromatic rings. The van der Waals surface area contributed by atoms with Gasteiger partial charge in [-0.05, 0) is 25.7 Å². The molecule has 7 nitrogen and oxygen atoms in total. The van der Waals surface area contributed by atoms with Crippen LogP contribution < -0.4 is 10.6 Å². The second-order valence-corrected chi connectivity index (χ2v) is 7.35. The Kier molecular flexibility index (Phi) is 12.9. The molecule has 0 spiro atoms. The fourth-order valence-corrected chi connectivity index (χ4v) is 3.24. The van der Waals surface area contributed by atoms with E-state index in [4.69, 9.17) is 9.73 Å². The van der Waals surface area contributed by atoms with Crippen molar-refractivity contribution in [1.82, 2.24) is 15.5 Å². The standard InChI is InChI=1S/C20H40N4O3/c1-5-21-20(22-11-9-7-6-8-10-19(25)26-4)23-16-18(17(2)3)24-12-14-27-15-13-24/h17-18H,5-16H2,1-4H3,(H2,21,22,23). The van der Waals surface area contributed by atoms with E-state index in [0.717, 1.165) is 77.6 Å². The SMILES string of the molecule is CCNC(=NCC(C(C)C)N1CCOCC1)NCCCCCCC(=O)OC. The summed E-state index contributed by atoms with van der Waals surface area (Å²) in [5.74, 6) is 1.34. The lowest BCUT2D eigenvalue weighted by molar-refractivity contribution is -0.140. The zero-order valence-corrected chi connectivity index (χ0v) is 17.8. The second-order valence-electron chi connectivity index (χ2n) is 7.35. The summed E-state index contributed by atoms with van der Waals surface area (Å²) in [5, 5.41) is 6.77. The van der Waals surface area contributed by atoms with Crippen LogP contribution in [0.15, 0.2) is 4.99 Å². The summed E-state index contributed by atoms with van der Waals surface area (Å²) in [7, 11) is 1.44. The Morgan fingerprint density at radius 3 is 2.48 bits per heavy atom. The summed E-state index contributed by atoms with van der Waals surface area (Å²) in [4.78, 5) is 18.4. The maximum atomic E-state index is 11.1. The number of aliphatic imine (C=N–C) groups is 1. The van der Waals surface area contributed by atoms with E-state index in [9.17, 15) is 4.79 Å². The summed E-state index contributed by atoms with van der Waals surface area (Å²) in [6.07, 6.45) is 4.65. The van der Waals surface area contributed by atoms with Gasteiger partial charge < -0.3 is 20.1 Å². The molecule has 1 unspecified atom stereocenters. The maximum absolute atomic E-state index is 11.1.